The van der Waals surface area contributed by atoms with Crippen LogP contribution in [0.1, 0.15) is 31.2 Å². The Bertz CT molecular complexity index is 913. The number of aliphatic imine (C=N–C) groups is 1. The van der Waals surface area contributed by atoms with Gasteiger partial charge in [-0.1, -0.05) is 17.7 Å². The van der Waals surface area contributed by atoms with Gasteiger partial charge in [-0.3, -0.25) is 20.5 Å². The largest absolute Gasteiger partial charge is 0.474 e. The molecule has 0 saturated heterocycles. The van der Waals surface area contributed by atoms with Crippen LogP contribution in [0.25, 0.3) is 0 Å². The van der Waals surface area contributed by atoms with E-state index in [1.807, 2.05) is 43.4 Å². The highest BCUT2D eigenvalue weighted by atomic mass is 35.5. The number of hydrogen-bond acceptors (Lipinski definition) is 6. The van der Waals surface area contributed by atoms with Gasteiger partial charge in [-0.25, -0.2) is 9.98 Å². The van der Waals surface area contributed by atoms with E-state index in [4.69, 9.17) is 16.3 Å². The van der Waals surface area contributed by atoms with Gasteiger partial charge in [0.15, 0.2) is 0 Å². The molecule has 158 valence electrons. The molecule has 8 heteroatoms. The van der Waals surface area contributed by atoms with E-state index in [-0.39, 0.29) is 17.9 Å². The maximum Gasteiger partial charge on any atom is 0.241 e. The highest BCUT2D eigenvalue weighted by molar-refractivity contribution is 6.30. The maximum absolute atomic E-state index is 12.7. The van der Waals surface area contributed by atoms with Crippen molar-refractivity contribution in [2.24, 2.45) is 10.9 Å². The molecule has 0 spiro atoms. The first-order chi connectivity index (χ1) is 14.6. The van der Waals surface area contributed by atoms with Crippen molar-refractivity contribution in [3.63, 3.8) is 0 Å². The van der Waals surface area contributed by atoms with Crippen LogP contribution < -0.4 is 15.6 Å². The minimum Gasteiger partial charge on any atom is -0.474 e. The van der Waals surface area contributed by atoms with Gasteiger partial charge in [-0.15, -0.1) is 0 Å². The van der Waals surface area contributed by atoms with Gasteiger partial charge in [0.05, 0.1) is 12.2 Å². The monoisotopic (exact) mass is 427 g/mol. The second-order valence-corrected chi connectivity index (χ2v) is 8.31. The van der Waals surface area contributed by atoms with E-state index in [2.05, 4.69) is 25.7 Å². The van der Waals surface area contributed by atoms with Gasteiger partial charge >= 0.3 is 0 Å². The van der Waals surface area contributed by atoms with Crippen molar-refractivity contribution in [3.05, 3.63) is 53.2 Å². The number of amides is 1. The quantitative estimate of drug-likeness (QED) is 0.733. The lowest BCUT2D eigenvalue weighted by molar-refractivity contribution is -0.127. The van der Waals surface area contributed by atoms with Crippen LogP contribution in [0.3, 0.4) is 0 Å². The Kier molecular flexibility index (Phi) is 6.50. The third kappa shape index (κ3) is 5.29. The summed E-state index contributed by atoms with van der Waals surface area (Å²) in [5, 5.41) is 0.699. The molecule has 0 radical (unpaired) electrons. The number of rotatable bonds is 3. The number of halogens is 1. The van der Waals surface area contributed by atoms with Crippen LogP contribution >= 0.6 is 11.6 Å². The highest BCUT2D eigenvalue weighted by Gasteiger charge is 2.28. The first-order valence-electron chi connectivity index (χ1n) is 10.2. The van der Waals surface area contributed by atoms with Gasteiger partial charge in [0.2, 0.25) is 11.8 Å². The number of hydrogen-bond donors (Lipinski definition) is 2. The summed E-state index contributed by atoms with van der Waals surface area (Å²) < 4.78 is 5.91. The van der Waals surface area contributed by atoms with Crippen molar-refractivity contribution in [2.45, 2.75) is 38.3 Å². The molecule has 30 heavy (non-hydrogen) atoms. The summed E-state index contributed by atoms with van der Waals surface area (Å²) in [5.41, 5.74) is 7.82. The molecule has 2 N–H and O–H groups in total. The standard InChI is InChI=1S/C22H26ClN5O2/c1-28-13-16-12-17(23)7-10-19(16)25-20(14-28)26-27-22(29)15-5-8-18(9-6-15)30-21-4-2-3-11-24-21/h2-4,7,10-12,15,18H,5-6,8-9,13-14H2,1H3,(H,25,26)(H,27,29)/t15-,18-. The average molecular weight is 428 g/mol. The van der Waals surface area contributed by atoms with E-state index in [1.54, 1.807) is 6.20 Å². The van der Waals surface area contributed by atoms with E-state index in [0.717, 1.165) is 43.5 Å². The summed E-state index contributed by atoms with van der Waals surface area (Å²) in [5.74, 6) is 1.32. The van der Waals surface area contributed by atoms with Crippen LogP contribution in [0.2, 0.25) is 5.02 Å². The molecule has 7 nitrogen and oxygen atoms in total. The van der Waals surface area contributed by atoms with E-state index >= 15 is 0 Å². The summed E-state index contributed by atoms with van der Waals surface area (Å²) >= 11 is 6.11. The van der Waals surface area contributed by atoms with Gasteiger partial charge in [0, 0.05) is 29.7 Å². The molecule has 0 atom stereocenters. The smallest absolute Gasteiger partial charge is 0.241 e. The number of pyridine rings is 1. The third-order valence-electron chi connectivity index (χ3n) is 5.46. The summed E-state index contributed by atoms with van der Waals surface area (Å²) in [6.45, 7) is 1.36. The fraction of sp³-hybridized carbons (Fsp3) is 0.409. The van der Waals surface area contributed by atoms with Gasteiger partial charge in [0.1, 0.15) is 11.9 Å². The molecule has 0 bridgehead atoms. The number of carbonyl (C=O) groups is 1. The van der Waals surface area contributed by atoms with E-state index in [0.29, 0.717) is 23.3 Å². The Morgan fingerprint density at radius 2 is 2.00 bits per heavy atom. The van der Waals surface area contributed by atoms with Gasteiger partial charge < -0.3 is 4.74 Å². The Morgan fingerprint density at radius 1 is 1.17 bits per heavy atom. The third-order valence-corrected chi connectivity index (χ3v) is 5.69. The van der Waals surface area contributed by atoms with Crippen molar-refractivity contribution in [3.8, 4) is 5.88 Å². The molecule has 2 aromatic rings. The van der Waals surface area contributed by atoms with E-state index in [1.165, 1.54) is 0 Å². The molecule has 1 aromatic carbocycles. The summed E-state index contributed by atoms with van der Waals surface area (Å²) in [6, 6.07) is 11.3. The summed E-state index contributed by atoms with van der Waals surface area (Å²) in [4.78, 5) is 23.7. The van der Waals surface area contributed by atoms with E-state index < -0.39 is 0 Å². The molecule has 2 heterocycles. The molecule has 0 unspecified atom stereocenters. The maximum atomic E-state index is 12.7. The molecule has 1 amide bonds. The molecule has 1 fully saturated rings. The average Bonchev–Trinajstić information content (AvgIpc) is 2.90. The normalized spacial score (nSPS) is 21.7. The van der Waals surface area contributed by atoms with Crippen LogP contribution in [-0.4, -0.2) is 41.3 Å². The number of nitrogens with one attached hydrogen (secondary N) is 2. The molecule has 1 saturated carbocycles. The van der Waals surface area contributed by atoms with Gasteiger partial charge in [-0.05, 0) is 62.6 Å². The number of fused-ring (bicyclic) bond motifs is 1. The SMILES string of the molecule is CN1CC(NNC(=O)[C@H]2CC[C@H](Oc3ccccn3)CC2)=Nc2ccc(Cl)cc2C1. The molecular formula is C22H26ClN5O2. The van der Waals surface area contributed by atoms with Crippen LogP contribution in [-0.2, 0) is 11.3 Å². The summed E-state index contributed by atoms with van der Waals surface area (Å²) in [6.07, 6.45) is 5.09. The number of likely N-dealkylation sites (N-methyl/N-ethyl adjacent to an activating group) is 1. The fourth-order valence-electron chi connectivity index (χ4n) is 3.91. The first kappa shape index (κ1) is 20.6. The number of ether oxygens (including phenoxy) is 1. The van der Waals surface area contributed by atoms with Gasteiger partial charge in [0.25, 0.3) is 0 Å². The zero-order chi connectivity index (χ0) is 20.9. The second-order valence-electron chi connectivity index (χ2n) is 7.88. The minimum atomic E-state index is -0.0312. The van der Waals surface area contributed by atoms with Crippen LogP contribution in [0.4, 0.5) is 5.69 Å². The summed E-state index contributed by atoms with van der Waals surface area (Å²) in [7, 11) is 2.01. The molecule has 2 aliphatic rings. The lowest BCUT2D eigenvalue weighted by Gasteiger charge is -2.28. The lowest BCUT2D eigenvalue weighted by Crippen LogP contribution is -2.48. The predicted molar refractivity (Wildman–Crippen MR) is 117 cm³/mol. The van der Waals surface area contributed by atoms with Crippen molar-refractivity contribution in [1.82, 2.24) is 20.7 Å². The minimum absolute atomic E-state index is 0.00258. The van der Waals surface area contributed by atoms with Crippen LogP contribution in [0, 0.1) is 5.92 Å². The van der Waals surface area contributed by atoms with Crippen molar-refractivity contribution in [1.29, 1.82) is 0 Å². The first-order valence-corrected chi connectivity index (χ1v) is 10.6. The van der Waals surface area contributed by atoms with Crippen LogP contribution in [0.15, 0.2) is 47.6 Å². The Labute approximate surface area is 181 Å². The number of nitrogens with zero attached hydrogens (tertiary/aromatic N) is 3. The van der Waals surface area contributed by atoms with Crippen molar-refractivity contribution in [2.75, 3.05) is 13.6 Å². The predicted octanol–water partition coefficient (Wildman–Crippen LogP) is 3.47. The lowest BCUT2D eigenvalue weighted by atomic mass is 9.87. The number of aromatic nitrogens is 1. The zero-order valence-electron chi connectivity index (χ0n) is 17.0. The van der Waals surface area contributed by atoms with Crippen molar-refractivity contribution < 1.29 is 9.53 Å². The van der Waals surface area contributed by atoms with E-state index in [9.17, 15) is 4.79 Å². The Balaban J connectivity index is 1.29. The molecule has 4 rings (SSSR count). The number of hydrazine groups is 1. The molecule has 1 aliphatic carbocycles. The number of amidine groups is 1. The number of benzene rings is 1. The van der Waals surface area contributed by atoms with Crippen molar-refractivity contribution >= 4 is 29.0 Å². The topological polar surface area (TPSA) is 78.8 Å². The highest BCUT2D eigenvalue weighted by Crippen LogP contribution is 2.28. The zero-order valence-corrected chi connectivity index (χ0v) is 17.7. The fourth-order valence-corrected chi connectivity index (χ4v) is 4.10. The molecule has 1 aliphatic heterocycles. The second kappa shape index (κ2) is 9.45. The van der Waals surface area contributed by atoms with Gasteiger partial charge in [-0.2, -0.15) is 0 Å². The molecule has 1 aromatic heterocycles. The number of carbonyl (C=O) groups excluding carboxylic acids is 1. The molecular weight excluding hydrogens is 402 g/mol. The van der Waals surface area contributed by atoms with Crippen LogP contribution in [0.5, 0.6) is 5.88 Å². The Hall–Kier alpha value is -2.64. The Morgan fingerprint density at radius 3 is 2.77 bits per heavy atom.